The van der Waals surface area contributed by atoms with Gasteiger partial charge in [0.05, 0.1) is 18.7 Å². The van der Waals surface area contributed by atoms with Gasteiger partial charge in [0.15, 0.2) is 9.90 Å². The van der Waals surface area contributed by atoms with Crippen molar-refractivity contribution in [3.8, 4) is 0 Å². The summed E-state index contributed by atoms with van der Waals surface area (Å²) in [6, 6.07) is 0. The molecule has 0 atom stereocenters. The molecular weight excluding hydrogens is 272 g/mol. The van der Waals surface area contributed by atoms with Gasteiger partial charge in [-0.3, -0.25) is 4.84 Å². The van der Waals surface area contributed by atoms with Crippen LogP contribution in [0, 0.1) is 0 Å². The molecule has 0 spiro atoms. The molecule has 0 saturated carbocycles. The number of ether oxygens (including phenoxy) is 1. The molecule has 2 N–H and O–H groups in total. The number of hydrogen-bond acceptors (Lipinski definition) is 7. The number of hydrogen-bond donors (Lipinski definition) is 2. The molecule has 0 aromatic carbocycles. The van der Waals surface area contributed by atoms with Gasteiger partial charge in [0.2, 0.25) is 0 Å². The van der Waals surface area contributed by atoms with Gasteiger partial charge in [0, 0.05) is 7.11 Å². The van der Waals surface area contributed by atoms with E-state index in [0.29, 0.717) is 11.3 Å². The molecule has 0 aliphatic carbocycles. The summed E-state index contributed by atoms with van der Waals surface area (Å²) in [7, 11) is -2.59. The molecule has 10 heteroatoms. The average Bonchev–Trinajstić information content (AvgIpc) is 2.74. The predicted molar refractivity (Wildman–Crippen MR) is 57.2 cm³/mol. The summed E-state index contributed by atoms with van der Waals surface area (Å²) in [6.45, 7) is 0.216. The first-order valence-electron chi connectivity index (χ1n) is 4.28. The van der Waals surface area contributed by atoms with Crippen LogP contribution in [-0.4, -0.2) is 44.8 Å². The Labute approximate surface area is 101 Å². The van der Waals surface area contributed by atoms with E-state index in [0.717, 1.165) is 5.51 Å². The normalized spacial score (nSPS) is 11.6. The molecule has 0 bridgehead atoms. The van der Waals surface area contributed by atoms with Crippen LogP contribution < -0.4 is 4.89 Å². The predicted octanol–water partition coefficient (Wildman–Crippen LogP) is -0.302. The maximum absolute atomic E-state index is 11.6. The number of carboxylic acids is 1. The van der Waals surface area contributed by atoms with Gasteiger partial charge in [-0.1, -0.05) is 4.89 Å². The molecule has 0 unspecified atom stereocenters. The van der Waals surface area contributed by atoms with Crippen molar-refractivity contribution < 1.29 is 27.9 Å². The number of sulfonamides is 1. The number of carbonyl (C=O) groups is 1. The van der Waals surface area contributed by atoms with Crippen LogP contribution in [-0.2, 0) is 19.6 Å². The molecule has 1 aromatic heterocycles. The van der Waals surface area contributed by atoms with E-state index >= 15 is 0 Å². The van der Waals surface area contributed by atoms with Crippen LogP contribution in [0.5, 0.6) is 0 Å². The zero-order chi connectivity index (χ0) is 12.9. The van der Waals surface area contributed by atoms with E-state index in [2.05, 4.69) is 14.6 Å². The SMILES string of the molecule is COCCONS(=O)(=O)c1scnc1C(=O)O. The van der Waals surface area contributed by atoms with Crippen LogP contribution in [0.3, 0.4) is 0 Å². The third kappa shape index (κ3) is 3.71. The van der Waals surface area contributed by atoms with Crippen molar-refractivity contribution in [1.29, 1.82) is 0 Å². The van der Waals surface area contributed by atoms with Crippen LogP contribution in [0.1, 0.15) is 10.5 Å². The summed E-state index contributed by atoms with van der Waals surface area (Å²) < 4.78 is 27.5. The first-order chi connectivity index (χ1) is 7.99. The summed E-state index contributed by atoms with van der Waals surface area (Å²) in [4.78, 5) is 20.6. The van der Waals surface area contributed by atoms with Crippen molar-refractivity contribution in [1.82, 2.24) is 9.87 Å². The smallest absolute Gasteiger partial charge is 0.356 e. The van der Waals surface area contributed by atoms with Crippen LogP contribution >= 0.6 is 11.3 Å². The number of aromatic carboxylic acids is 1. The van der Waals surface area contributed by atoms with E-state index < -0.39 is 25.9 Å². The van der Waals surface area contributed by atoms with E-state index in [1.165, 1.54) is 7.11 Å². The van der Waals surface area contributed by atoms with Crippen molar-refractivity contribution in [2.24, 2.45) is 0 Å². The molecule has 1 aromatic rings. The first kappa shape index (κ1) is 14.0. The molecule has 0 radical (unpaired) electrons. The summed E-state index contributed by atoms with van der Waals surface area (Å²) in [5, 5.41) is 8.72. The monoisotopic (exact) mass is 282 g/mol. The van der Waals surface area contributed by atoms with E-state index in [9.17, 15) is 13.2 Å². The second kappa shape index (κ2) is 6.02. The van der Waals surface area contributed by atoms with Gasteiger partial charge in [-0.2, -0.15) is 0 Å². The lowest BCUT2D eigenvalue weighted by Crippen LogP contribution is -2.26. The van der Waals surface area contributed by atoms with Crippen LogP contribution in [0.15, 0.2) is 9.72 Å². The molecule has 0 saturated heterocycles. The van der Waals surface area contributed by atoms with Crippen molar-refractivity contribution in [3.05, 3.63) is 11.2 Å². The lowest BCUT2D eigenvalue weighted by molar-refractivity contribution is 0.0438. The van der Waals surface area contributed by atoms with Crippen molar-refractivity contribution >= 4 is 27.3 Å². The molecule has 17 heavy (non-hydrogen) atoms. The standard InChI is InChI=1S/C7H10N2O6S2/c1-14-2-3-15-9-17(12,13)7-5(6(10)11)8-4-16-7/h4,9H,2-3H2,1H3,(H,10,11). The molecule has 0 aliphatic rings. The van der Waals surface area contributed by atoms with Gasteiger partial charge in [0.25, 0.3) is 10.0 Å². The Kier molecular flexibility index (Phi) is 4.96. The third-order valence-corrected chi connectivity index (χ3v) is 4.12. The van der Waals surface area contributed by atoms with Gasteiger partial charge >= 0.3 is 5.97 Å². The third-order valence-electron chi connectivity index (χ3n) is 1.54. The highest BCUT2D eigenvalue weighted by atomic mass is 32.2. The molecule has 0 aliphatic heterocycles. The number of thiazole rings is 1. The van der Waals surface area contributed by atoms with Crippen LogP contribution in [0.4, 0.5) is 0 Å². The maximum atomic E-state index is 11.6. The minimum absolute atomic E-state index is 0.0109. The van der Waals surface area contributed by atoms with E-state index in [4.69, 9.17) is 5.11 Å². The Morgan fingerprint density at radius 2 is 2.29 bits per heavy atom. The fraction of sp³-hybridized carbons (Fsp3) is 0.429. The van der Waals surface area contributed by atoms with Crippen molar-refractivity contribution in [3.63, 3.8) is 0 Å². The topological polar surface area (TPSA) is 115 Å². The molecule has 0 fully saturated rings. The van der Waals surface area contributed by atoms with Crippen LogP contribution in [0.25, 0.3) is 0 Å². The number of aromatic nitrogens is 1. The Morgan fingerprint density at radius 1 is 1.59 bits per heavy atom. The Morgan fingerprint density at radius 3 is 2.88 bits per heavy atom. The largest absolute Gasteiger partial charge is 0.476 e. The van der Waals surface area contributed by atoms with Gasteiger partial charge in [-0.15, -0.1) is 11.3 Å². The minimum atomic E-state index is -4.03. The van der Waals surface area contributed by atoms with Crippen LogP contribution in [0.2, 0.25) is 0 Å². The molecule has 0 amide bonds. The summed E-state index contributed by atoms with van der Waals surface area (Å²) in [5.41, 5.74) is 0.602. The highest BCUT2D eigenvalue weighted by molar-refractivity contribution is 7.91. The number of methoxy groups -OCH3 is 1. The van der Waals surface area contributed by atoms with E-state index in [1.54, 1.807) is 4.89 Å². The number of rotatable bonds is 7. The molecule has 8 nitrogen and oxygen atoms in total. The second-order valence-electron chi connectivity index (χ2n) is 2.72. The minimum Gasteiger partial charge on any atom is -0.476 e. The highest BCUT2D eigenvalue weighted by Crippen LogP contribution is 2.19. The molecular formula is C7H10N2O6S2. The number of nitrogens with zero attached hydrogens (tertiary/aromatic N) is 1. The highest BCUT2D eigenvalue weighted by Gasteiger charge is 2.25. The number of carboxylic acid groups (broad SMARTS) is 1. The summed E-state index contributed by atoms with van der Waals surface area (Å²) >= 11 is 0.695. The maximum Gasteiger partial charge on any atom is 0.356 e. The Balaban J connectivity index is 2.76. The quantitative estimate of drug-likeness (QED) is 0.521. The second-order valence-corrected chi connectivity index (χ2v) is 5.42. The summed E-state index contributed by atoms with van der Waals surface area (Å²) in [5.74, 6) is -1.41. The van der Waals surface area contributed by atoms with E-state index in [1.807, 2.05) is 0 Å². The van der Waals surface area contributed by atoms with Gasteiger partial charge in [-0.25, -0.2) is 18.2 Å². The fourth-order valence-electron chi connectivity index (χ4n) is 0.851. The fourth-order valence-corrected chi connectivity index (χ4v) is 2.80. The molecule has 1 rings (SSSR count). The molecule has 1 heterocycles. The van der Waals surface area contributed by atoms with E-state index in [-0.39, 0.29) is 13.2 Å². The zero-order valence-electron chi connectivity index (χ0n) is 8.74. The first-order valence-corrected chi connectivity index (χ1v) is 6.64. The average molecular weight is 282 g/mol. The molecule has 96 valence electrons. The van der Waals surface area contributed by atoms with Gasteiger partial charge < -0.3 is 9.84 Å². The summed E-state index contributed by atoms with van der Waals surface area (Å²) in [6.07, 6.45) is 0. The Bertz CT molecular complexity index is 482. The lowest BCUT2D eigenvalue weighted by Gasteiger charge is -2.05. The Hall–Kier alpha value is -1.07. The van der Waals surface area contributed by atoms with Crippen molar-refractivity contribution in [2.75, 3.05) is 20.3 Å². The number of nitrogens with one attached hydrogen (secondary N) is 1. The van der Waals surface area contributed by atoms with Gasteiger partial charge in [-0.05, 0) is 0 Å². The zero-order valence-corrected chi connectivity index (χ0v) is 10.4. The van der Waals surface area contributed by atoms with Crippen molar-refractivity contribution in [2.45, 2.75) is 4.21 Å². The van der Waals surface area contributed by atoms with Gasteiger partial charge in [0.1, 0.15) is 0 Å². The lowest BCUT2D eigenvalue weighted by atomic mass is 10.5.